The van der Waals surface area contributed by atoms with E-state index in [0.29, 0.717) is 18.5 Å². The van der Waals surface area contributed by atoms with Crippen molar-refractivity contribution in [2.75, 3.05) is 33.0 Å². The summed E-state index contributed by atoms with van der Waals surface area (Å²) in [5.41, 5.74) is 0.369. The fourth-order valence-electron chi connectivity index (χ4n) is 3.59. The molecule has 8 heteroatoms. The summed E-state index contributed by atoms with van der Waals surface area (Å²) in [7, 11) is -1.74. The molecule has 0 aromatic heterocycles. The quantitative estimate of drug-likeness (QED) is 0.776. The van der Waals surface area contributed by atoms with E-state index in [4.69, 9.17) is 4.74 Å². The molecule has 0 saturated carbocycles. The van der Waals surface area contributed by atoms with Crippen LogP contribution in [0.4, 0.5) is 0 Å². The summed E-state index contributed by atoms with van der Waals surface area (Å²) in [5.74, 6) is -0.301. The fraction of sp³-hybridized carbons (Fsp3) is 0.556. The van der Waals surface area contributed by atoms with Gasteiger partial charge in [-0.2, -0.15) is 0 Å². The zero-order chi connectivity index (χ0) is 18.9. The van der Waals surface area contributed by atoms with Gasteiger partial charge in [0.2, 0.25) is 5.91 Å². The Morgan fingerprint density at radius 1 is 1.12 bits per heavy atom. The van der Waals surface area contributed by atoms with Gasteiger partial charge in [0.05, 0.1) is 11.0 Å². The lowest BCUT2D eigenvalue weighted by molar-refractivity contribution is -0.134. The average Bonchev–Trinajstić information content (AvgIpc) is 3.29. The van der Waals surface area contributed by atoms with Crippen molar-refractivity contribution in [3.8, 4) is 0 Å². The molecule has 7 nitrogen and oxygen atoms in total. The van der Waals surface area contributed by atoms with Gasteiger partial charge in [0, 0.05) is 45.0 Å². The van der Waals surface area contributed by atoms with E-state index in [1.54, 1.807) is 12.0 Å². The summed E-state index contributed by atoms with van der Waals surface area (Å²) >= 11 is 0. The molecule has 2 aliphatic heterocycles. The van der Waals surface area contributed by atoms with Gasteiger partial charge in [-0.15, -0.1) is 0 Å². The number of rotatable bonds is 4. The molecule has 0 N–H and O–H groups in total. The van der Waals surface area contributed by atoms with E-state index < -0.39 is 15.9 Å². The maximum Gasteiger partial charge on any atom is 0.254 e. The lowest BCUT2D eigenvalue weighted by Gasteiger charge is -2.27. The standard InChI is InChI=1S/C18H24N2O5S/c1-25-14-11-16(18(22)19-9-3-4-10-19)20(12-14)17(21)13-5-7-15(8-6-13)26(2,23)24/h5-8,14,16H,3-4,9-12H2,1-2H3/t14-,16-/m0/s1. The highest BCUT2D eigenvalue weighted by atomic mass is 32.2. The Bertz CT molecular complexity index is 784. The van der Waals surface area contributed by atoms with Crippen molar-refractivity contribution in [2.24, 2.45) is 0 Å². The molecular weight excluding hydrogens is 356 g/mol. The predicted molar refractivity (Wildman–Crippen MR) is 95.6 cm³/mol. The number of likely N-dealkylation sites (tertiary alicyclic amines) is 2. The zero-order valence-electron chi connectivity index (χ0n) is 15.1. The van der Waals surface area contributed by atoms with Crippen LogP contribution in [0.15, 0.2) is 29.2 Å². The number of ether oxygens (including phenoxy) is 1. The number of sulfone groups is 1. The number of benzene rings is 1. The molecule has 2 atom stereocenters. The normalized spacial score (nSPS) is 23.5. The second-order valence-electron chi connectivity index (χ2n) is 6.90. The number of hydrogen-bond acceptors (Lipinski definition) is 5. The molecule has 1 aromatic carbocycles. The minimum absolute atomic E-state index is 0.0249. The molecular formula is C18H24N2O5S. The van der Waals surface area contributed by atoms with Gasteiger partial charge in [-0.05, 0) is 37.1 Å². The first-order valence-corrected chi connectivity index (χ1v) is 10.6. The minimum Gasteiger partial charge on any atom is -0.380 e. The summed E-state index contributed by atoms with van der Waals surface area (Å²) in [6.45, 7) is 1.82. The van der Waals surface area contributed by atoms with Gasteiger partial charge >= 0.3 is 0 Å². The van der Waals surface area contributed by atoms with Crippen LogP contribution in [-0.4, -0.2) is 75.2 Å². The monoisotopic (exact) mass is 380 g/mol. The van der Waals surface area contributed by atoms with Crippen molar-refractivity contribution >= 4 is 21.7 Å². The van der Waals surface area contributed by atoms with Crippen molar-refractivity contribution in [1.82, 2.24) is 9.80 Å². The van der Waals surface area contributed by atoms with Crippen LogP contribution in [0.25, 0.3) is 0 Å². The molecule has 142 valence electrons. The van der Waals surface area contributed by atoms with Crippen molar-refractivity contribution < 1.29 is 22.7 Å². The van der Waals surface area contributed by atoms with Crippen LogP contribution < -0.4 is 0 Å². The third-order valence-electron chi connectivity index (χ3n) is 5.09. The molecule has 2 amide bonds. The smallest absolute Gasteiger partial charge is 0.254 e. The highest BCUT2D eigenvalue weighted by molar-refractivity contribution is 7.90. The molecule has 0 aliphatic carbocycles. The Labute approximate surface area is 153 Å². The molecule has 1 aromatic rings. The maximum atomic E-state index is 12.9. The van der Waals surface area contributed by atoms with E-state index in [9.17, 15) is 18.0 Å². The first kappa shape index (κ1) is 18.8. The van der Waals surface area contributed by atoms with Crippen LogP contribution in [0, 0.1) is 0 Å². The van der Waals surface area contributed by atoms with Crippen LogP contribution in [0.3, 0.4) is 0 Å². The highest BCUT2D eigenvalue weighted by Crippen LogP contribution is 2.26. The topological polar surface area (TPSA) is 84.0 Å². The molecule has 26 heavy (non-hydrogen) atoms. The van der Waals surface area contributed by atoms with Crippen LogP contribution in [0.2, 0.25) is 0 Å². The van der Waals surface area contributed by atoms with E-state index in [1.165, 1.54) is 24.3 Å². The Balaban J connectivity index is 1.82. The minimum atomic E-state index is -3.32. The van der Waals surface area contributed by atoms with E-state index in [1.807, 2.05) is 4.90 Å². The van der Waals surface area contributed by atoms with Crippen molar-refractivity contribution in [3.05, 3.63) is 29.8 Å². The lowest BCUT2D eigenvalue weighted by atomic mass is 10.1. The van der Waals surface area contributed by atoms with Crippen molar-refractivity contribution in [2.45, 2.75) is 36.3 Å². The molecule has 0 bridgehead atoms. The first-order valence-electron chi connectivity index (χ1n) is 8.74. The second kappa shape index (κ2) is 7.36. The van der Waals surface area contributed by atoms with Gasteiger partial charge in [-0.1, -0.05) is 0 Å². The van der Waals surface area contributed by atoms with E-state index in [2.05, 4.69) is 0 Å². The van der Waals surface area contributed by atoms with E-state index in [-0.39, 0.29) is 22.8 Å². The van der Waals surface area contributed by atoms with E-state index in [0.717, 1.165) is 32.2 Å². The zero-order valence-corrected chi connectivity index (χ0v) is 15.9. The maximum absolute atomic E-state index is 12.9. The number of amides is 2. The molecule has 0 radical (unpaired) electrons. The van der Waals surface area contributed by atoms with Gasteiger partial charge in [0.25, 0.3) is 5.91 Å². The fourth-order valence-corrected chi connectivity index (χ4v) is 4.22. The van der Waals surface area contributed by atoms with Crippen molar-refractivity contribution in [3.63, 3.8) is 0 Å². The van der Waals surface area contributed by atoms with E-state index >= 15 is 0 Å². The van der Waals surface area contributed by atoms with Crippen LogP contribution in [0.5, 0.6) is 0 Å². The number of hydrogen-bond donors (Lipinski definition) is 0. The van der Waals surface area contributed by atoms with Crippen LogP contribution in [0.1, 0.15) is 29.6 Å². The van der Waals surface area contributed by atoms with Crippen LogP contribution >= 0.6 is 0 Å². The summed E-state index contributed by atoms with van der Waals surface area (Å²) in [6.07, 6.45) is 3.42. The molecule has 2 aliphatic rings. The third kappa shape index (κ3) is 3.76. The first-order chi connectivity index (χ1) is 12.3. The lowest BCUT2D eigenvalue weighted by Crippen LogP contribution is -2.47. The Kier molecular flexibility index (Phi) is 5.34. The largest absolute Gasteiger partial charge is 0.380 e. The summed E-state index contributed by atoms with van der Waals surface area (Å²) < 4.78 is 28.5. The second-order valence-corrected chi connectivity index (χ2v) is 8.91. The highest BCUT2D eigenvalue weighted by Gasteiger charge is 2.42. The van der Waals surface area contributed by atoms with Gasteiger partial charge in [0.15, 0.2) is 9.84 Å². The number of carbonyl (C=O) groups excluding carboxylic acids is 2. The molecule has 2 heterocycles. The van der Waals surface area contributed by atoms with Gasteiger partial charge in [-0.25, -0.2) is 8.42 Å². The number of methoxy groups -OCH3 is 1. The summed E-state index contributed by atoms with van der Waals surface area (Å²) in [5, 5.41) is 0. The predicted octanol–water partition coefficient (Wildman–Crippen LogP) is 0.942. The Hall–Kier alpha value is -1.93. The number of carbonyl (C=O) groups is 2. The average molecular weight is 380 g/mol. The molecule has 0 unspecified atom stereocenters. The Morgan fingerprint density at radius 2 is 1.73 bits per heavy atom. The molecule has 2 fully saturated rings. The molecule has 0 spiro atoms. The third-order valence-corrected chi connectivity index (χ3v) is 6.22. The van der Waals surface area contributed by atoms with Gasteiger partial charge < -0.3 is 14.5 Å². The van der Waals surface area contributed by atoms with Gasteiger partial charge in [-0.3, -0.25) is 9.59 Å². The molecule has 2 saturated heterocycles. The van der Waals surface area contributed by atoms with Crippen LogP contribution in [-0.2, 0) is 19.4 Å². The summed E-state index contributed by atoms with van der Waals surface area (Å²) in [4.78, 5) is 29.3. The molecule has 3 rings (SSSR count). The summed E-state index contributed by atoms with van der Waals surface area (Å²) in [6, 6.07) is 5.31. The van der Waals surface area contributed by atoms with Crippen molar-refractivity contribution in [1.29, 1.82) is 0 Å². The SMILES string of the molecule is CO[C@H]1C[C@@H](C(=O)N2CCCC2)N(C(=O)c2ccc(S(C)(=O)=O)cc2)C1. The Morgan fingerprint density at radius 3 is 2.27 bits per heavy atom. The number of nitrogens with zero attached hydrogens (tertiary/aromatic N) is 2. The van der Waals surface area contributed by atoms with Gasteiger partial charge in [0.1, 0.15) is 6.04 Å².